The van der Waals surface area contributed by atoms with Crippen LogP contribution >= 0.6 is 0 Å². The molecule has 1 N–H and O–H groups in total. The lowest BCUT2D eigenvalue weighted by Gasteiger charge is -2.34. The summed E-state index contributed by atoms with van der Waals surface area (Å²) in [6, 6.07) is 6.37. The van der Waals surface area contributed by atoms with Crippen LogP contribution in [-0.4, -0.2) is 59.5 Å². The zero-order chi connectivity index (χ0) is 16.7. The zero-order valence-corrected chi connectivity index (χ0v) is 13.2. The SMILES string of the molecule is O=C(O)CCCCN1CCN(C(=O)Cc2ccccc2F)CC1. The Balaban J connectivity index is 1.70. The summed E-state index contributed by atoms with van der Waals surface area (Å²) in [6.45, 7) is 3.73. The largest absolute Gasteiger partial charge is 0.481 e. The van der Waals surface area contributed by atoms with E-state index in [0.29, 0.717) is 25.1 Å². The zero-order valence-electron chi connectivity index (χ0n) is 13.2. The molecule has 23 heavy (non-hydrogen) atoms. The number of rotatable bonds is 7. The Morgan fingerprint density at radius 3 is 2.43 bits per heavy atom. The third-order valence-corrected chi connectivity index (χ3v) is 4.14. The number of hydrogen-bond acceptors (Lipinski definition) is 3. The fourth-order valence-corrected chi connectivity index (χ4v) is 2.75. The van der Waals surface area contributed by atoms with Gasteiger partial charge in [-0.25, -0.2) is 4.39 Å². The first-order chi connectivity index (χ1) is 11.1. The Morgan fingerprint density at radius 2 is 1.78 bits per heavy atom. The highest BCUT2D eigenvalue weighted by Crippen LogP contribution is 2.11. The van der Waals surface area contributed by atoms with Gasteiger partial charge < -0.3 is 10.0 Å². The summed E-state index contributed by atoms with van der Waals surface area (Å²) in [5, 5.41) is 8.60. The smallest absolute Gasteiger partial charge is 0.303 e. The quantitative estimate of drug-likeness (QED) is 0.777. The molecule has 126 valence electrons. The lowest BCUT2D eigenvalue weighted by Crippen LogP contribution is -2.49. The topological polar surface area (TPSA) is 60.9 Å². The van der Waals surface area contributed by atoms with Gasteiger partial charge in [0, 0.05) is 32.6 Å². The molecule has 2 rings (SSSR count). The van der Waals surface area contributed by atoms with Crippen LogP contribution in [0.5, 0.6) is 0 Å². The first kappa shape index (κ1) is 17.4. The number of carboxylic acids is 1. The van der Waals surface area contributed by atoms with Gasteiger partial charge in [-0.15, -0.1) is 0 Å². The Hall–Kier alpha value is -1.95. The van der Waals surface area contributed by atoms with Crippen LogP contribution in [0, 0.1) is 5.82 Å². The van der Waals surface area contributed by atoms with E-state index in [1.54, 1.807) is 23.1 Å². The van der Waals surface area contributed by atoms with E-state index in [1.165, 1.54) is 6.07 Å². The molecule has 0 spiro atoms. The van der Waals surface area contributed by atoms with Crippen LogP contribution in [-0.2, 0) is 16.0 Å². The molecule has 5 nitrogen and oxygen atoms in total. The van der Waals surface area contributed by atoms with E-state index < -0.39 is 5.97 Å². The molecule has 0 saturated carbocycles. The van der Waals surface area contributed by atoms with Gasteiger partial charge in [0.25, 0.3) is 0 Å². The average molecular weight is 322 g/mol. The van der Waals surface area contributed by atoms with Crippen molar-refractivity contribution in [1.29, 1.82) is 0 Å². The van der Waals surface area contributed by atoms with Crippen molar-refractivity contribution in [1.82, 2.24) is 9.80 Å². The second-order valence-electron chi connectivity index (χ2n) is 5.84. The Labute approximate surface area is 135 Å². The minimum Gasteiger partial charge on any atom is -0.481 e. The number of piperazine rings is 1. The van der Waals surface area contributed by atoms with Crippen molar-refractivity contribution in [2.45, 2.75) is 25.7 Å². The highest BCUT2D eigenvalue weighted by Gasteiger charge is 2.21. The standard InChI is InChI=1S/C17H23FN2O3/c18-15-6-2-1-5-14(15)13-16(21)20-11-9-19(10-12-20)8-4-3-7-17(22)23/h1-2,5-6H,3-4,7-13H2,(H,22,23). The Kier molecular flexibility index (Phi) is 6.52. The number of unbranched alkanes of at least 4 members (excludes halogenated alkanes) is 1. The number of nitrogens with zero attached hydrogens (tertiary/aromatic N) is 2. The third-order valence-electron chi connectivity index (χ3n) is 4.14. The fraction of sp³-hybridized carbons (Fsp3) is 0.529. The number of amides is 1. The number of halogens is 1. The van der Waals surface area contributed by atoms with Gasteiger partial charge in [-0.3, -0.25) is 14.5 Å². The van der Waals surface area contributed by atoms with E-state index in [1.807, 2.05) is 0 Å². The molecule has 1 saturated heterocycles. The summed E-state index contributed by atoms with van der Waals surface area (Å²) in [7, 11) is 0. The number of aliphatic carboxylic acids is 1. The van der Waals surface area contributed by atoms with Gasteiger partial charge in [-0.05, 0) is 31.0 Å². The predicted molar refractivity (Wildman–Crippen MR) is 84.6 cm³/mol. The average Bonchev–Trinajstić information content (AvgIpc) is 2.54. The van der Waals surface area contributed by atoms with E-state index in [-0.39, 0.29) is 24.6 Å². The Bertz CT molecular complexity index is 542. The van der Waals surface area contributed by atoms with Gasteiger partial charge in [0.2, 0.25) is 5.91 Å². The highest BCUT2D eigenvalue weighted by molar-refractivity contribution is 5.79. The molecule has 0 unspecified atom stereocenters. The van der Waals surface area contributed by atoms with Crippen molar-refractivity contribution in [2.24, 2.45) is 0 Å². The molecule has 1 fully saturated rings. The summed E-state index contributed by atoms with van der Waals surface area (Å²) in [5.74, 6) is -1.13. The van der Waals surface area contributed by atoms with Crippen LogP contribution in [0.4, 0.5) is 4.39 Å². The molecule has 1 heterocycles. The van der Waals surface area contributed by atoms with Crippen LogP contribution in [0.15, 0.2) is 24.3 Å². The van der Waals surface area contributed by atoms with Crippen molar-refractivity contribution in [3.8, 4) is 0 Å². The number of carbonyl (C=O) groups excluding carboxylic acids is 1. The molecule has 0 aliphatic carbocycles. The summed E-state index contributed by atoms with van der Waals surface area (Å²) in [5.41, 5.74) is 0.439. The molecule has 1 amide bonds. The van der Waals surface area contributed by atoms with Crippen molar-refractivity contribution >= 4 is 11.9 Å². The van der Waals surface area contributed by atoms with Crippen molar-refractivity contribution in [2.75, 3.05) is 32.7 Å². The lowest BCUT2D eigenvalue weighted by atomic mass is 10.1. The highest BCUT2D eigenvalue weighted by atomic mass is 19.1. The molecule has 6 heteroatoms. The number of carboxylic acid groups (broad SMARTS) is 1. The molecule has 0 bridgehead atoms. The molecule has 1 aromatic rings. The molecule has 1 aliphatic heterocycles. The maximum absolute atomic E-state index is 13.6. The molecular weight excluding hydrogens is 299 g/mol. The first-order valence-electron chi connectivity index (χ1n) is 8.01. The number of carbonyl (C=O) groups is 2. The Morgan fingerprint density at radius 1 is 1.09 bits per heavy atom. The summed E-state index contributed by atoms with van der Waals surface area (Å²) in [4.78, 5) is 26.7. The fourth-order valence-electron chi connectivity index (χ4n) is 2.75. The summed E-state index contributed by atoms with van der Waals surface area (Å²) < 4.78 is 13.6. The van der Waals surface area contributed by atoms with Gasteiger partial charge in [-0.2, -0.15) is 0 Å². The van der Waals surface area contributed by atoms with E-state index in [9.17, 15) is 14.0 Å². The second kappa shape index (κ2) is 8.62. The van der Waals surface area contributed by atoms with E-state index in [0.717, 1.165) is 26.1 Å². The summed E-state index contributed by atoms with van der Waals surface area (Å²) in [6.07, 6.45) is 1.85. The van der Waals surface area contributed by atoms with Gasteiger partial charge in [0.1, 0.15) is 5.82 Å². The van der Waals surface area contributed by atoms with Crippen molar-refractivity contribution in [3.63, 3.8) is 0 Å². The van der Waals surface area contributed by atoms with E-state index >= 15 is 0 Å². The number of hydrogen-bond donors (Lipinski definition) is 1. The molecule has 0 atom stereocenters. The van der Waals surface area contributed by atoms with Gasteiger partial charge in [0.05, 0.1) is 6.42 Å². The number of benzene rings is 1. The van der Waals surface area contributed by atoms with Crippen molar-refractivity contribution < 1.29 is 19.1 Å². The second-order valence-corrected chi connectivity index (χ2v) is 5.84. The predicted octanol–water partition coefficient (Wildman–Crippen LogP) is 1.77. The van der Waals surface area contributed by atoms with Gasteiger partial charge in [-0.1, -0.05) is 18.2 Å². The molecular formula is C17H23FN2O3. The minimum absolute atomic E-state index is 0.0411. The maximum Gasteiger partial charge on any atom is 0.303 e. The van der Waals surface area contributed by atoms with E-state index in [4.69, 9.17) is 5.11 Å². The third kappa shape index (κ3) is 5.63. The van der Waals surface area contributed by atoms with Gasteiger partial charge in [0.15, 0.2) is 0 Å². The maximum atomic E-state index is 13.6. The molecule has 1 aromatic carbocycles. The van der Waals surface area contributed by atoms with Crippen LogP contribution < -0.4 is 0 Å². The van der Waals surface area contributed by atoms with Crippen LogP contribution in [0.3, 0.4) is 0 Å². The van der Waals surface area contributed by atoms with Gasteiger partial charge >= 0.3 is 5.97 Å². The monoisotopic (exact) mass is 322 g/mol. The summed E-state index contributed by atoms with van der Waals surface area (Å²) >= 11 is 0. The molecule has 0 aromatic heterocycles. The normalized spacial score (nSPS) is 15.6. The van der Waals surface area contributed by atoms with Crippen molar-refractivity contribution in [3.05, 3.63) is 35.6 Å². The van der Waals surface area contributed by atoms with Crippen LogP contribution in [0.2, 0.25) is 0 Å². The lowest BCUT2D eigenvalue weighted by molar-refractivity contribution is -0.137. The van der Waals surface area contributed by atoms with E-state index in [2.05, 4.69) is 4.90 Å². The van der Waals surface area contributed by atoms with Crippen LogP contribution in [0.25, 0.3) is 0 Å². The first-order valence-corrected chi connectivity index (χ1v) is 8.01. The van der Waals surface area contributed by atoms with Crippen LogP contribution in [0.1, 0.15) is 24.8 Å². The molecule has 1 aliphatic rings. The minimum atomic E-state index is -0.756. The molecule has 0 radical (unpaired) electrons.